The van der Waals surface area contributed by atoms with Gasteiger partial charge in [0.15, 0.2) is 11.8 Å². The highest BCUT2D eigenvalue weighted by molar-refractivity contribution is 5.80. The first-order valence-corrected chi connectivity index (χ1v) is 16.5. The number of rotatable bonds is 3. The number of hydrogen-bond acceptors (Lipinski definition) is 8. The van der Waals surface area contributed by atoms with Gasteiger partial charge in [0.25, 0.3) is 0 Å². The monoisotopic (exact) mass is 649 g/mol. The summed E-state index contributed by atoms with van der Waals surface area (Å²) in [5.41, 5.74) is 4.38. The van der Waals surface area contributed by atoms with Gasteiger partial charge < -0.3 is 24.2 Å². The van der Waals surface area contributed by atoms with Gasteiger partial charge in [-0.2, -0.15) is 14.9 Å². The third kappa shape index (κ3) is 6.93. The minimum Gasteiger partial charge on any atom is -0.490 e. The van der Waals surface area contributed by atoms with Crippen molar-refractivity contribution in [1.82, 2.24) is 14.6 Å². The van der Waals surface area contributed by atoms with Crippen molar-refractivity contribution in [3.63, 3.8) is 0 Å². The third-order valence-corrected chi connectivity index (χ3v) is 8.95. The molecule has 2 aromatic carbocycles. The van der Waals surface area contributed by atoms with Crippen LogP contribution in [0.1, 0.15) is 76.8 Å². The average Bonchev–Trinajstić information content (AvgIpc) is 3.46. The largest absolute Gasteiger partial charge is 0.490 e. The number of hydrogen-bond donors (Lipinski definition) is 1. The van der Waals surface area contributed by atoms with Gasteiger partial charge in [-0.3, -0.25) is 0 Å². The van der Waals surface area contributed by atoms with Crippen molar-refractivity contribution in [3.8, 4) is 34.2 Å². The molecule has 10 heteroatoms. The van der Waals surface area contributed by atoms with E-state index in [1.54, 1.807) is 10.6 Å². The summed E-state index contributed by atoms with van der Waals surface area (Å²) in [6.07, 6.45) is 4.98. The highest BCUT2D eigenvalue weighted by atomic mass is 16.5. The summed E-state index contributed by atoms with van der Waals surface area (Å²) >= 11 is 0. The van der Waals surface area contributed by atoms with Gasteiger partial charge in [0.2, 0.25) is 0 Å². The molecule has 3 aliphatic rings. The van der Waals surface area contributed by atoms with Crippen LogP contribution in [-0.4, -0.2) is 62.7 Å². The summed E-state index contributed by atoms with van der Waals surface area (Å²) in [6, 6.07) is 17.6. The van der Waals surface area contributed by atoms with Gasteiger partial charge in [0.05, 0.1) is 46.8 Å². The van der Waals surface area contributed by atoms with Crippen LogP contribution in [0.2, 0.25) is 0 Å². The first-order chi connectivity index (χ1) is 22.8. The number of ether oxygens (including phenoxy) is 3. The second-order valence-corrected chi connectivity index (χ2v) is 14.0. The molecule has 1 N–H and O–H groups in total. The molecule has 0 unspecified atom stereocenters. The summed E-state index contributed by atoms with van der Waals surface area (Å²) in [6.45, 7) is 13.3. The van der Waals surface area contributed by atoms with Crippen molar-refractivity contribution >= 4 is 17.4 Å². The Hall–Kier alpha value is -4.72. The fourth-order valence-electron chi connectivity index (χ4n) is 6.43. The molecule has 48 heavy (non-hydrogen) atoms. The van der Waals surface area contributed by atoms with Crippen LogP contribution in [0.4, 0.5) is 5.82 Å². The molecule has 7 rings (SSSR count). The number of anilines is 1. The number of benzene rings is 2. The first-order valence-electron chi connectivity index (χ1n) is 16.5. The molecule has 0 spiro atoms. The van der Waals surface area contributed by atoms with Crippen molar-refractivity contribution in [2.45, 2.75) is 84.2 Å². The van der Waals surface area contributed by atoms with Gasteiger partial charge in [-0.05, 0) is 84.2 Å². The zero-order chi connectivity index (χ0) is 34.2. The molecule has 3 aliphatic heterocycles. The van der Waals surface area contributed by atoms with Gasteiger partial charge in [0, 0.05) is 42.4 Å². The first kappa shape index (κ1) is 33.2. The standard InChI is InChI=1S/C38H43N5O5/c1-24-10-7-8-19-46-38(6)15-17-42(18-16-38)35-33(34(36(44)45)48-37(3,4)5)25(2)40-32-22-30(41-43(32)35)28-12-9-11-27(21-28)29-20-26(23-39)13-14-31(29)47-24/h7-9,11-14,20-22,24,34H,10,15-19H2,1-6H3,(H,44,45)/b8-7+/t24-,34-/m0/s1. The molecule has 1 saturated heterocycles. The lowest BCUT2D eigenvalue weighted by Gasteiger charge is -2.41. The number of piperidine rings is 1. The zero-order valence-corrected chi connectivity index (χ0v) is 28.5. The van der Waals surface area contributed by atoms with Crippen LogP contribution in [0.5, 0.6) is 5.75 Å². The normalized spacial score (nSPS) is 21.3. The summed E-state index contributed by atoms with van der Waals surface area (Å²) < 4.78 is 20.8. The number of nitrogens with zero attached hydrogens (tertiary/aromatic N) is 5. The van der Waals surface area contributed by atoms with Crippen molar-refractivity contribution in [1.29, 1.82) is 5.26 Å². The Kier molecular flexibility index (Phi) is 9.03. The number of aliphatic carboxylic acids is 1. The van der Waals surface area contributed by atoms with E-state index in [1.807, 2.05) is 83.2 Å². The number of aryl methyl sites for hydroxylation is 1. The number of aromatic nitrogens is 3. The van der Waals surface area contributed by atoms with E-state index in [9.17, 15) is 15.2 Å². The topological polar surface area (TPSA) is 122 Å². The van der Waals surface area contributed by atoms with Crippen LogP contribution in [-0.2, 0) is 14.3 Å². The predicted molar refractivity (Wildman–Crippen MR) is 184 cm³/mol. The molecule has 0 radical (unpaired) electrons. The van der Waals surface area contributed by atoms with E-state index in [0.29, 0.717) is 65.8 Å². The molecule has 2 atom stereocenters. The highest BCUT2D eigenvalue weighted by Gasteiger charge is 2.37. The molecule has 0 aliphatic carbocycles. The maximum Gasteiger partial charge on any atom is 0.337 e. The maximum absolute atomic E-state index is 12.8. The van der Waals surface area contributed by atoms with Crippen molar-refractivity contribution < 1.29 is 24.1 Å². The van der Waals surface area contributed by atoms with Crippen molar-refractivity contribution in [2.24, 2.45) is 0 Å². The van der Waals surface area contributed by atoms with E-state index < -0.39 is 17.7 Å². The molecule has 2 aromatic heterocycles. The Morgan fingerprint density at radius 1 is 1.12 bits per heavy atom. The lowest BCUT2D eigenvalue weighted by Crippen LogP contribution is -2.45. The Morgan fingerprint density at radius 2 is 1.88 bits per heavy atom. The van der Waals surface area contributed by atoms with Crippen LogP contribution in [0.25, 0.3) is 28.0 Å². The second kappa shape index (κ2) is 13.1. The highest BCUT2D eigenvalue weighted by Crippen LogP contribution is 2.39. The minimum absolute atomic E-state index is 0.0993. The molecule has 0 saturated carbocycles. The lowest BCUT2D eigenvalue weighted by atomic mass is 9.92. The maximum atomic E-state index is 12.8. The second-order valence-electron chi connectivity index (χ2n) is 14.0. The third-order valence-electron chi connectivity index (χ3n) is 8.95. The quantitative estimate of drug-likeness (QED) is 0.228. The number of carbonyl (C=O) groups is 1. The SMILES string of the molecule is Cc1nc2cc3nn2c(c1[C@H](OC(C)(C)C)C(=O)O)N1CCC(C)(CC1)OC/C=C/C[C@H](C)Oc1ccc(C#N)cc1-c1cccc-3c1. The summed E-state index contributed by atoms with van der Waals surface area (Å²) in [7, 11) is 0. The summed E-state index contributed by atoms with van der Waals surface area (Å²) in [5, 5.41) is 25.2. The van der Waals surface area contributed by atoms with Crippen LogP contribution >= 0.6 is 0 Å². The number of carboxylic acid groups (broad SMARTS) is 1. The average molecular weight is 650 g/mol. The molecular formula is C38H43N5O5. The Morgan fingerprint density at radius 3 is 2.58 bits per heavy atom. The minimum atomic E-state index is -1.25. The zero-order valence-electron chi connectivity index (χ0n) is 28.5. The Bertz CT molecular complexity index is 1910. The Balaban J connectivity index is 1.55. The van der Waals surface area contributed by atoms with Crippen molar-refractivity contribution in [2.75, 3.05) is 24.6 Å². The smallest absolute Gasteiger partial charge is 0.337 e. The fraction of sp³-hybridized carbons (Fsp3) is 0.421. The summed E-state index contributed by atoms with van der Waals surface area (Å²) in [5.74, 6) is 0.272. The van der Waals surface area contributed by atoms with Crippen molar-refractivity contribution in [3.05, 3.63) is 77.5 Å². The van der Waals surface area contributed by atoms with Gasteiger partial charge >= 0.3 is 5.97 Å². The van der Waals surface area contributed by atoms with E-state index in [2.05, 4.69) is 24.0 Å². The van der Waals surface area contributed by atoms with E-state index >= 15 is 0 Å². The Labute approximate surface area is 281 Å². The molecule has 250 valence electrons. The van der Waals surface area contributed by atoms with E-state index in [0.717, 1.165) is 29.5 Å². The number of carboxylic acids is 1. The van der Waals surface area contributed by atoms with Crippen LogP contribution in [0, 0.1) is 18.3 Å². The van der Waals surface area contributed by atoms with E-state index in [4.69, 9.17) is 24.3 Å². The van der Waals surface area contributed by atoms with E-state index in [-0.39, 0.29) is 11.7 Å². The molecule has 4 aromatic rings. The van der Waals surface area contributed by atoms with Crippen LogP contribution in [0.15, 0.2) is 60.7 Å². The molecule has 10 nitrogen and oxygen atoms in total. The fourth-order valence-corrected chi connectivity index (χ4v) is 6.43. The number of nitriles is 1. The summed E-state index contributed by atoms with van der Waals surface area (Å²) in [4.78, 5) is 19.9. The molecular weight excluding hydrogens is 606 g/mol. The van der Waals surface area contributed by atoms with Gasteiger partial charge in [-0.25, -0.2) is 9.78 Å². The molecule has 6 bridgehead atoms. The van der Waals surface area contributed by atoms with Crippen LogP contribution < -0.4 is 9.64 Å². The van der Waals surface area contributed by atoms with Gasteiger partial charge in [0.1, 0.15) is 11.6 Å². The molecule has 1 fully saturated rings. The van der Waals surface area contributed by atoms with Crippen LogP contribution in [0.3, 0.4) is 0 Å². The number of fused-ring (bicyclic) bond motifs is 7. The lowest BCUT2D eigenvalue weighted by molar-refractivity contribution is -0.160. The predicted octanol–water partition coefficient (Wildman–Crippen LogP) is 7.29. The van der Waals surface area contributed by atoms with E-state index in [1.165, 1.54) is 0 Å². The molecule has 5 heterocycles. The molecule has 0 amide bonds. The van der Waals surface area contributed by atoms with Gasteiger partial charge in [-0.15, -0.1) is 0 Å². The van der Waals surface area contributed by atoms with Gasteiger partial charge in [-0.1, -0.05) is 30.4 Å².